The lowest BCUT2D eigenvalue weighted by Crippen LogP contribution is -2.49. The molecule has 0 saturated carbocycles. The van der Waals surface area contributed by atoms with Gasteiger partial charge in [-0.1, -0.05) is 61.5 Å². The summed E-state index contributed by atoms with van der Waals surface area (Å²) in [4.78, 5) is 26.1. The first kappa shape index (κ1) is 26.6. The highest BCUT2D eigenvalue weighted by Gasteiger charge is 2.32. The van der Waals surface area contributed by atoms with Crippen LogP contribution in [0.1, 0.15) is 37.2 Å². The Morgan fingerprint density at radius 1 is 1.00 bits per heavy atom. The Kier molecular flexibility index (Phi) is 7.54. The molecule has 0 aliphatic carbocycles. The summed E-state index contributed by atoms with van der Waals surface area (Å²) in [6.07, 6.45) is -2.75. The van der Waals surface area contributed by atoms with E-state index >= 15 is 0 Å². The van der Waals surface area contributed by atoms with E-state index in [1.807, 2.05) is 40.1 Å². The topological polar surface area (TPSA) is 75.4 Å². The number of aromatic nitrogens is 3. The van der Waals surface area contributed by atoms with E-state index in [1.165, 1.54) is 6.07 Å². The lowest BCUT2D eigenvalue weighted by molar-refractivity contribution is -0.137. The number of aryl methyl sites for hydroxylation is 1. The van der Waals surface area contributed by atoms with Crippen molar-refractivity contribution in [3.63, 3.8) is 0 Å². The third-order valence-corrected chi connectivity index (χ3v) is 6.82. The molecule has 1 aliphatic heterocycles. The highest BCUT2D eigenvalue weighted by molar-refractivity contribution is 5.98. The first-order valence-corrected chi connectivity index (χ1v) is 13.1. The van der Waals surface area contributed by atoms with Gasteiger partial charge in [0.2, 0.25) is 5.91 Å². The predicted octanol–water partition coefficient (Wildman–Crippen LogP) is 5.78. The third-order valence-electron chi connectivity index (χ3n) is 6.82. The molecule has 4 aromatic rings. The van der Waals surface area contributed by atoms with Gasteiger partial charge in [0.1, 0.15) is 22.7 Å². The monoisotopic (exact) mass is 537 g/mol. The Hall–Kier alpha value is -3.95. The molecule has 1 amide bonds. The first-order chi connectivity index (χ1) is 18.7. The summed E-state index contributed by atoms with van der Waals surface area (Å²) >= 11 is 0. The first-order valence-electron chi connectivity index (χ1n) is 13.1. The van der Waals surface area contributed by atoms with Crippen molar-refractivity contribution in [1.82, 2.24) is 20.0 Å². The van der Waals surface area contributed by atoms with Crippen LogP contribution in [0.3, 0.4) is 0 Å². The van der Waals surface area contributed by atoms with Crippen LogP contribution < -0.4 is 4.90 Å². The van der Waals surface area contributed by atoms with Crippen molar-refractivity contribution in [2.24, 2.45) is 5.92 Å². The summed E-state index contributed by atoms with van der Waals surface area (Å²) in [5, 5.41) is 4.60. The number of nitrogens with zero attached hydrogens (tertiary/aromatic N) is 5. The zero-order chi connectivity index (χ0) is 27.6. The van der Waals surface area contributed by atoms with Gasteiger partial charge in [0, 0.05) is 44.6 Å². The minimum absolute atomic E-state index is 0.0986. The molecule has 0 N–H and O–H groups in total. The molecule has 0 radical (unpaired) electrons. The van der Waals surface area contributed by atoms with Gasteiger partial charge < -0.3 is 14.3 Å². The summed E-state index contributed by atoms with van der Waals surface area (Å²) in [5.41, 5.74) is 1.14. The van der Waals surface area contributed by atoms with Gasteiger partial charge in [0.05, 0.1) is 5.56 Å². The van der Waals surface area contributed by atoms with Crippen LogP contribution in [-0.4, -0.2) is 52.1 Å². The van der Waals surface area contributed by atoms with Crippen LogP contribution in [0.25, 0.3) is 22.4 Å². The maximum Gasteiger partial charge on any atom is 0.416 e. The van der Waals surface area contributed by atoms with Gasteiger partial charge in [-0.2, -0.15) is 18.2 Å². The fraction of sp³-hybridized carbons (Fsp3) is 0.379. The second-order valence-electron chi connectivity index (χ2n) is 10.2. The van der Waals surface area contributed by atoms with E-state index in [9.17, 15) is 18.0 Å². The van der Waals surface area contributed by atoms with E-state index in [4.69, 9.17) is 9.51 Å². The van der Waals surface area contributed by atoms with Crippen molar-refractivity contribution in [3.8, 4) is 11.3 Å². The van der Waals surface area contributed by atoms with Crippen LogP contribution in [0.5, 0.6) is 0 Å². The Morgan fingerprint density at radius 2 is 1.74 bits per heavy atom. The van der Waals surface area contributed by atoms with E-state index in [-0.39, 0.29) is 22.9 Å². The number of anilines is 1. The third kappa shape index (κ3) is 6.05. The highest BCUT2D eigenvalue weighted by atomic mass is 19.4. The number of hydrogen-bond donors (Lipinski definition) is 0. The molecule has 39 heavy (non-hydrogen) atoms. The largest absolute Gasteiger partial charge is 0.416 e. The molecule has 3 heterocycles. The second-order valence-corrected chi connectivity index (χ2v) is 10.2. The number of halogens is 3. The molecule has 0 atom stereocenters. The fourth-order valence-corrected chi connectivity index (χ4v) is 4.83. The second kappa shape index (κ2) is 11.0. The number of rotatable bonds is 7. The standard InChI is InChI=1S/C29H30F3N5O2/c1-19(2)17-23-33-27(37-15-13-36(14-16-37)24(38)12-11-20-7-4-3-5-8-20)25-26(35-39-28(25)34-23)21-9-6-10-22(18-21)29(30,31)32/h3-10,18-19H,11-17H2,1-2H3. The average molecular weight is 538 g/mol. The van der Waals surface area contributed by atoms with Gasteiger partial charge in [-0.3, -0.25) is 4.79 Å². The summed E-state index contributed by atoms with van der Waals surface area (Å²) in [7, 11) is 0. The van der Waals surface area contributed by atoms with E-state index in [0.717, 1.165) is 17.7 Å². The summed E-state index contributed by atoms with van der Waals surface area (Å²) in [6, 6.07) is 14.9. The van der Waals surface area contributed by atoms with Crippen LogP contribution >= 0.6 is 0 Å². The maximum atomic E-state index is 13.4. The molecule has 2 aromatic heterocycles. The maximum absolute atomic E-state index is 13.4. The van der Waals surface area contributed by atoms with Crippen LogP contribution in [0.4, 0.5) is 19.0 Å². The van der Waals surface area contributed by atoms with Gasteiger partial charge in [-0.05, 0) is 30.0 Å². The number of piperazine rings is 1. The van der Waals surface area contributed by atoms with Gasteiger partial charge in [0.25, 0.3) is 5.71 Å². The lowest BCUT2D eigenvalue weighted by Gasteiger charge is -2.35. The number of hydrogen-bond acceptors (Lipinski definition) is 6. The molecule has 2 aromatic carbocycles. The Bertz CT molecular complexity index is 1440. The highest BCUT2D eigenvalue weighted by Crippen LogP contribution is 2.37. The lowest BCUT2D eigenvalue weighted by atomic mass is 10.0. The fourth-order valence-electron chi connectivity index (χ4n) is 4.83. The normalized spacial score (nSPS) is 14.4. The number of carbonyl (C=O) groups is 1. The van der Waals surface area contributed by atoms with Crippen LogP contribution in [0, 0.1) is 5.92 Å². The molecule has 1 aliphatic rings. The predicted molar refractivity (Wildman–Crippen MR) is 142 cm³/mol. The molecule has 1 saturated heterocycles. The molecule has 1 fully saturated rings. The van der Waals surface area contributed by atoms with Crippen molar-refractivity contribution < 1.29 is 22.5 Å². The summed E-state index contributed by atoms with van der Waals surface area (Å²) < 4.78 is 45.8. The number of carbonyl (C=O) groups excluding carboxylic acids is 1. The number of benzene rings is 2. The molecular formula is C29H30F3N5O2. The van der Waals surface area contributed by atoms with E-state index in [2.05, 4.69) is 24.0 Å². The molecule has 0 spiro atoms. The quantitative estimate of drug-likeness (QED) is 0.297. The van der Waals surface area contributed by atoms with Crippen LogP contribution in [-0.2, 0) is 23.8 Å². The Labute approximate surface area is 224 Å². The van der Waals surface area contributed by atoms with Crippen molar-refractivity contribution in [2.45, 2.75) is 39.3 Å². The molecule has 10 heteroatoms. The number of fused-ring (bicyclic) bond motifs is 1. The molecule has 0 bridgehead atoms. The average Bonchev–Trinajstić information content (AvgIpc) is 3.35. The van der Waals surface area contributed by atoms with Crippen LogP contribution in [0.2, 0.25) is 0 Å². The SMILES string of the molecule is CC(C)Cc1nc(N2CCN(C(=O)CCc3ccccc3)CC2)c2c(-c3cccc(C(F)(F)F)c3)noc2n1. The van der Waals surface area contributed by atoms with Crippen LogP contribution in [0.15, 0.2) is 59.1 Å². The van der Waals surface area contributed by atoms with Gasteiger partial charge >= 0.3 is 6.18 Å². The van der Waals surface area contributed by atoms with Crippen molar-refractivity contribution in [3.05, 3.63) is 71.5 Å². The zero-order valence-electron chi connectivity index (χ0n) is 21.9. The van der Waals surface area contributed by atoms with E-state index in [1.54, 1.807) is 6.07 Å². The van der Waals surface area contributed by atoms with Gasteiger partial charge in [0.15, 0.2) is 0 Å². The minimum atomic E-state index is -4.48. The smallest absolute Gasteiger partial charge is 0.352 e. The molecule has 0 unspecified atom stereocenters. The van der Waals surface area contributed by atoms with Crippen molar-refractivity contribution >= 4 is 22.8 Å². The molecule has 5 rings (SSSR count). The van der Waals surface area contributed by atoms with E-state index < -0.39 is 11.7 Å². The molecular weight excluding hydrogens is 507 g/mol. The number of amides is 1. The Morgan fingerprint density at radius 3 is 2.44 bits per heavy atom. The van der Waals surface area contributed by atoms with Gasteiger partial charge in [-0.15, -0.1) is 0 Å². The molecule has 204 valence electrons. The summed E-state index contributed by atoms with van der Waals surface area (Å²) in [5.74, 6) is 1.54. The van der Waals surface area contributed by atoms with E-state index in [0.29, 0.717) is 68.4 Å². The molecule has 7 nitrogen and oxygen atoms in total. The van der Waals surface area contributed by atoms with Gasteiger partial charge in [-0.25, -0.2) is 4.98 Å². The Balaban J connectivity index is 1.41. The number of alkyl halides is 3. The van der Waals surface area contributed by atoms with Crippen molar-refractivity contribution in [1.29, 1.82) is 0 Å². The summed E-state index contributed by atoms with van der Waals surface area (Å²) in [6.45, 7) is 6.20. The van der Waals surface area contributed by atoms with Crippen molar-refractivity contribution in [2.75, 3.05) is 31.1 Å². The minimum Gasteiger partial charge on any atom is -0.352 e. The zero-order valence-corrected chi connectivity index (χ0v) is 21.9.